The number of nitrogens with zero attached hydrogens (tertiary/aromatic N) is 1. The molecule has 0 rings (SSSR count). The Labute approximate surface area is 127 Å². The molecule has 0 aliphatic heterocycles. The molecule has 0 amide bonds. The molecule has 0 heterocycles. The summed E-state index contributed by atoms with van der Waals surface area (Å²) in [5.74, 6) is 0. The first kappa shape index (κ1) is 20.8. The minimum atomic E-state index is 0. The largest absolute Gasteiger partial charge is 2.00 e. The van der Waals surface area contributed by atoms with Crippen LogP contribution in [-0.2, 0) is 17.1 Å². The van der Waals surface area contributed by atoms with E-state index >= 15 is 0 Å². The van der Waals surface area contributed by atoms with Crippen molar-refractivity contribution in [2.75, 3.05) is 26.2 Å². The third-order valence-corrected chi connectivity index (χ3v) is 3.94. The summed E-state index contributed by atoms with van der Waals surface area (Å²) in [5.41, 5.74) is 0. The molecule has 0 bridgehead atoms. The molecule has 1 radical (unpaired) electrons. The van der Waals surface area contributed by atoms with Crippen LogP contribution in [0, 0.1) is 0 Å². The summed E-state index contributed by atoms with van der Waals surface area (Å²) >= 11 is 0. The second kappa shape index (κ2) is 13.9. The molecule has 0 aromatic rings. The van der Waals surface area contributed by atoms with Gasteiger partial charge in [-0.15, -0.1) is 0 Å². The summed E-state index contributed by atoms with van der Waals surface area (Å²) in [6.45, 7) is 15.0. The molecule has 0 aromatic carbocycles. The SMILES string of the molecule is CCCC[N+](CCCC)(CCCC)CCCC.[Cu+2]. The molecule has 0 fully saturated rings. The van der Waals surface area contributed by atoms with E-state index in [-0.39, 0.29) is 17.1 Å². The molecule has 0 spiro atoms. The Morgan fingerprint density at radius 1 is 0.500 bits per heavy atom. The van der Waals surface area contributed by atoms with Crippen molar-refractivity contribution in [3.05, 3.63) is 0 Å². The second-order valence-electron chi connectivity index (χ2n) is 5.65. The first-order valence-corrected chi connectivity index (χ1v) is 8.09. The van der Waals surface area contributed by atoms with Gasteiger partial charge in [0, 0.05) is 0 Å². The zero-order valence-electron chi connectivity index (χ0n) is 13.2. The number of rotatable bonds is 12. The van der Waals surface area contributed by atoms with Crippen LogP contribution < -0.4 is 0 Å². The normalized spacial score (nSPS) is 11.3. The van der Waals surface area contributed by atoms with Crippen molar-refractivity contribution in [2.24, 2.45) is 0 Å². The van der Waals surface area contributed by atoms with Crippen LogP contribution in [0.15, 0.2) is 0 Å². The molecule has 0 unspecified atom stereocenters. The van der Waals surface area contributed by atoms with Gasteiger partial charge in [-0.05, 0) is 25.7 Å². The molecule has 2 heteroatoms. The number of quaternary nitrogens is 1. The molecule has 0 saturated heterocycles. The van der Waals surface area contributed by atoms with Crippen molar-refractivity contribution < 1.29 is 21.6 Å². The van der Waals surface area contributed by atoms with Gasteiger partial charge in [-0.2, -0.15) is 0 Å². The third kappa shape index (κ3) is 9.41. The van der Waals surface area contributed by atoms with E-state index in [0.717, 1.165) is 0 Å². The zero-order chi connectivity index (χ0) is 13.0. The average molecular weight is 306 g/mol. The third-order valence-electron chi connectivity index (χ3n) is 3.94. The monoisotopic (exact) mass is 305 g/mol. The predicted molar refractivity (Wildman–Crippen MR) is 79.4 cm³/mol. The Morgan fingerprint density at radius 2 is 0.722 bits per heavy atom. The molecule has 0 atom stereocenters. The van der Waals surface area contributed by atoms with Gasteiger partial charge in [-0.1, -0.05) is 53.4 Å². The molecule has 1 nitrogen and oxygen atoms in total. The Balaban J connectivity index is 0. The molecule has 18 heavy (non-hydrogen) atoms. The topological polar surface area (TPSA) is 0 Å². The molecule has 0 aliphatic rings. The first-order valence-electron chi connectivity index (χ1n) is 8.09. The van der Waals surface area contributed by atoms with E-state index in [4.69, 9.17) is 0 Å². The molecular formula is C16H36CuN+3. The smallest absolute Gasteiger partial charge is 0.324 e. The summed E-state index contributed by atoms with van der Waals surface area (Å²) in [5, 5.41) is 0. The molecule has 0 saturated carbocycles. The predicted octanol–water partition coefficient (Wildman–Crippen LogP) is 5.00. The Kier molecular flexibility index (Phi) is 16.1. The van der Waals surface area contributed by atoms with Crippen LogP contribution >= 0.6 is 0 Å². The van der Waals surface area contributed by atoms with Crippen molar-refractivity contribution in [1.82, 2.24) is 0 Å². The Bertz CT molecular complexity index is 122. The summed E-state index contributed by atoms with van der Waals surface area (Å²) in [4.78, 5) is 0. The number of hydrogen-bond donors (Lipinski definition) is 0. The standard InChI is InChI=1S/C16H36N.Cu/c1-5-9-13-17(14-10-6-2,15-11-7-3)16-12-8-4;/h5-16H2,1-4H3;/q+1;+2. The van der Waals surface area contributed by atoms with Gasteiger partial charge in [-0.3, -0.25) is 0 Å². The summed E-state index contributed by atoms with van der Waals surface area (Å²) in [6.07, 6.45) is 11.1. The van der Waals surface area contributed by atoms with Crippen molar-refractivity contribution >= 4 is 0 Å². The van der Waals surface area contributed by atoms with Crippen molar-refractivity contribution in [1.29, 1.82) is 0 Å². The van der Waals surface area contributed by atoms with Crippen LogP contribution in [0.25, 0.3) is 0 Å². The molecule has 0 N–H and O–H groups in total. The minimum absolute atomic E-state index is 0. The van der Waals surface area contributed by atoms with E-state index in [0.29, 0.717) is 0 Å². The van der Waals surface area contributed by atoms with Crippen molar-refractivity contribution in [3.8, 4) is 0 Å². The van der Waals surface area contributed by atoms with Gasteiger partial charge in [0.1, 0.15) is 0 Å². The van der Waals surface area contributed by atoms with Gasteiger partial charge < -0.3 is 4.48 Å². The van der Waals surface area contributed by atoms with Crippen LogP contribution in [0.2, 0.25) is 0 Å². The fourth-order valence-corrected chi connectivity index (χ4v) is 2.64. The molecular weight excluding hydrogens is 270 g/mol. The first-order chi connectivity index (χ1) is 8.24. The van der Waals surface area contributed by atoms with E-state index in [1.54, 1.807) is 0 Å². The maximum Gasteiger partial charge on any atom is 2.00 e. The van der Waals surface area contributed by atoms with Gasteiger partial charge in [0.05, 0.1) is 26.2 Å². The van der Waals surface area contributed by atoms with Crippen LogP contribution in [0.1, 0.15) is 79.1 Å². The minimum Gasteiger partial charge on any atom is -0.324 e. The number of hydrogen-bond acceptors (Lipinski definition) is 0. The van der Waals surface area contributed by atoms with Gasteiger partial charge in [0.15, 0.2) is 0 Å². The van der Waals surface area contributed by atoms with Crippen molar-refractivity contribution in [3.63, 3.8) is 0 Å². The van der Waals surface area contributed by atoms with Gasteiger partial charge >= 0.3 is 17.1 Å². The molecule has 0 aromatic heterocycles. The Hall–Kier alpha value is 0.479. The van der Waals surface area contributed by atoms with Gasteiger partial charge in [0.2, 0.25) is 0 Å². The van der Waals surface area contributed by atoms with E-state index < -0.39 is 0 Å². The van der Waals surface area contributed by atoms with Crippen LogP contribution in [0.3, 0.4) is 0 Å². The maximum absolute atomic E-state index is 2.33. The zero-order valence-corrected chi connectivity index (χ0v) is 14.2. The van der Waals surface area contributed by atoms with E-state index in [1.165, 1.54) is 82.0 Å². The van der Waals surface area contributed by atoms with Gasteiger partial charge in [-0.25, -0.2) is 0 Å². The second-order valence-corrected chi connectivity index (χ2v) is 5.65. The van der Waals surface area contributed by atoms with E-state index in [2.05, 4.69) is 27.7 Å². The summed E-state index contributed by atoms with van der Waals surface area (Å²) < 4.78 is 1.42. The van der Waals surface area contributed by atoms with Gasteiger partial charge in [0.25, 0.3) is 0 Å². The fraction of sp³-hybridized carbons (Fsp3) is 1.00. The van der Waals surface area contributed by atoms with E-state index in [9.17, 15) is 0 Å². The van der Waals surface area contributed by atoms with Crippen molar-refractivity contribution in [2.45, 2.75) is 79.1 Å². The average Bonchev–Trinajstić information content (AvgIpc) is 2.37. The van der Waals surface area contributed by atoms with Crippen LogP contribution in [-0.4, -0.2) is 30.7 Å². The van der Waals surface area contributed by atoms with Crippen LogP contribution in [0.5, 0.6) is 0 Å². The quantitative estimate of drug-likeness (QED) is 0.351. The summed E-state index contributed by atoms with van der Waals surface area (Å²) in [6, 6.07) is 0. The molecule has 113 valence electrons. The van der Waals surface area contributed by atoms with E-state index in [1.807, 2.05) is 0 Å². The summed E-state index contributed by atoms with van der Waals surface area (Å²) in [7, 11) is 0. The number of unbranched alkanes of at least 4 members (excludes halogenated alkanes) is 4. The van der Waals surface area contributed by atoms with Crippen LogP contribution in [0.4, 0.5) is 0 Å². The maximum atomic E-state index is 2.33. The molecule has 0 aliphatic carbocycles. The Morgan fingerprint density at radius 3 is 0.889 bits per heavy atom. The fourth-order valence-electron chi connectivity index (χ4n) is 2.64.